The molecule has 0 N–H and O–H groups in total. The highest BCUT2D eigenvalue weighted by Crippen LogP contribution is 2.58. The standard InChI is InChI=1S/C20H28O/c1-13-3-5-14-6-8-17-16(15(14)7-4-13)11-12-20(2)18(17)9-10-19(20)21/h5,8,13,15-16,18H,3-4,6-7,9-12H2,1-2H3/t13-,15-,16?,18?,20+/m1/s1. The summed E-state index contributed by atoms with van der Waals surface area (Å²) in [6, 6.07) is 0. The van der Waals surface area contributed by atoms with Crippen molar-refractivity contribution in [3.8, 4) is 0 Å². The number of rotatable bonds is 0. The highest BCUT2D eigenvalue weighted by molar-refractivity contribution is 5.87. The summed E-state index contributed by atoms with van der Waals surface area (Å²) in [6.45, 7) is 4.65. The third kappa shape index (κ3) is 1.99. The van der Waals surface area contributed by atoms with Gasteiger partial charge in [-0.2, -0.15) is 0 Å². The molecule has 0 radical (unpaired) electrons. The van der Waals surface area contributed by atoms with Crippen LogP contribution in [0.15, 0.2) is 23.3 Å². The average Bonchev–Trinajstić information content (AvgIpc) is 2.66. The summed E-state index contributed by atoms with van der Waals surface area (Å²) in [4.78, 5) is 12.3. The van der Waals surface area contributed by atoms with Crippen molar-refractivity contribution in [2.24, 2.45) is 29.1 Å². The Morgan fingerprint density at radius 1 is 1.10 bits per heavy atom. The van der Waals surface area contributed by atoms with Gasteiger partial charge in [0, 0.05) is 11.8 Å². The number of carbonyl (C=O) groups excluding carboxylic acids is 1. The van der Waals surface area contributed by atoms with Gasteiger partial charge in [-0.25, -0.2) is 0 Å². The van der Waals surface area contributed by atoms with Crippen molar-refractivity contribution >= 4 is 5.78 Å². The van der Waals surface area contributed by atoms with E-state index in [-0.39, 0.29) is 5.41 Å². The molecule has 2 fully saturated rings. The molecule has 2 saturated carbocycles. The highest BCUT2D eigenvalue weighted by Gasteiger charge is 2.53. The van der Waals surface area contributed by atoms with Crippen molar-refractivity contribution in [3.05, 3.63) is 23.3 Å². The summed E-state index contributed by atoms with van der Waals surface area (Å²) in [5, 5.41) is 0. The van der Waals surface area contributed by atoms with Crippen molar-refractivity contribution < 1.29 is 4.79 Å². The van der Waals surface area contributed by atoms with Crippen LogP contribution in [-0.2, 0) is 4.79 Å². The van der Waals surface area contributed by atoms with E-state index in [2.05, 4.69) is 26.0 Å². The van der Waals surface area contributed by atoms with E-state index in [1.165, 1.54) is 32.1 Å². The minimum Gasteiger partial charge on any atom is -0.299 e. The Kier molecular flexibility index (Phi) is 3.17. The molecule has 1 nitrogen and oxygen atoms in total. The average molecular weight is 284 g/mol. The Morgan fingerprint density at radius 2 is 1.95 bits per heavy atom. The smallest absolute Gasteiger partial charge is 0.139 e. The molecular weight excluding hydrogens is 256 g/mol. The van der Waals surface area contributed by atoms with E-state index in [9.17, 15) is 4.79 Å². The molecule has 2 unspecified atom stereocenters. The molecule has 4 aliphatic carbocycles. The molecule has 0 aromatic rings. The van der Waals surface area contributed by atoms with Crippen molar-refractivity contribution in [2.45, 2.75) is 65.2 Å². The fourth-order valence-electron chi connectivity index (χ4n) is 5.73. The van der Waals surface area contributed by atoms with E-state index in [4.69, 9.17) is 0 Å². The normalized spacial score (nSPS) is 45.9. The maximum atomic E-state index is 12.3. The SMILES string of the molecule is C[C@@H]1CC=C2CC=C3C(CC[C@]4(C)C(=O)CCC34)[C@@H]2CC1. The Labute approximate surface area is 128 Å². The van der Waals surface area contributed by atoms with Gasteiger partial charge in [0.05, 0.1) is 0 Å². The van der Waals surface area contributed by atoms with Gasteiger partial charge < -0.3 is 0 Å². The zero-order valence-corrected chi connectivity index (χ0v) is 13.5. The molecule has 0 bridgehead atoms. The van der Waals surface area contributed by atoms with Gasteiger partial charge in [-0.1, -0.05) is 37.1 Å². The van der Waals surface area contributed by atoms with Crippen LogP contribution in [0.25, 0.3) is 0 Å². The molecule has 114 valence electrons. The predicted molar refractivity (Wildman–Crippen MR) is 85.9 cm³/mol. The number of carbonyl (C=O) groups is 1. The first-order valence-corrected chi connectivity index (χ1v) is 9.02. The Balaban J connectivity index is 1.67. The molecule has 0 amide bonds. The molecular formula is C20H28O. The van der Waals surface area contributed by atoms with Crippen LogP contribution in [-0.4, -0.2) is 5.78 Å². The number of Topliss-reactive ketones (excluding diaryl/α,β-unsaturated/α-hetero) is 1. The first-order chi connectivity index (χ1) is 10.1. The van der Waals surface area contributed by atoms with E-state index < -0.39 is 0 Å². The second-order valence-corrected chi connectivity index (χ2v) is 8.29. The van der Waals surface area contributed by atoms with Gasteiger partial charge in [0.2, 0.25) is 0 Å². The second-order valence-electron chi connectivity index (χ2n) is 8.29. The Hall–Kier alpha value is -0.850. The predicted octanol–water partition coefficient (Wildman–Crippen LogP) is 5.07. The maximum absolute atomic E-state index is 12.3. The molecule has 4 aliphatic rings. The van der Waals surface area contributed by atoms with Gasteiger partial charge in [0.25, 0.3) is 0 Å². The number of fused-ring (bicyclic) bond motifs is 5. The van der Waals surface area contributed by atoms with Gasteiger partial charge in [-0.3, -0.25) is 4.79 Å². The van der Waals surface area contributed by atoms with Crippen LogP contribution in [0.5, 0.6) is 0 Å². The van der Waals surface area contributed by atoms with Gasteiger partial charge in [0.1, 0.15) is 5.78 Å². The molecule has 0 aromatic carbocycles. The van der Waals surface area contributed by atoms with Crippen LogP contribution >= 0.6 is 0 Å². The van der Waals surface area contributed by atoms with Crippen LogP contribution in [0.4, 0.5) is 0 Å². The van der Waals surface area contributed by atoms with E-state index >= 15 is 0 Å². The van der Waals surface area contributed by atoms with E-state index in [1.807, 2.05) is 0 Å². The number of allylic oxidation sites excluding steroid dienone is 4. The van der Waals surface area contributed by atoms with Crippen LogP contribution < -0.4 is 0 Å². The minimum absolute atomic E-state index is 0.0123. The summed E-state index contributed by atoms with van der Waals surface area (Å²) in [5.74, 6) is 3.54. The van der Waals surface area contributed by atoms with Gasteiger partial charge >= 0.3 is 0 Å². The molecule has 0 aromatic heterocycles. The maximum Gasteiger partial charge on any atom is 0.139 e. The van der Waals surface area contributed by atoms with Crippen LogP contribution in [0.3, 0.4) is 0 Å². The second kappa shape index (κ2) is 4.83. The molecule has 0 aliphatic heterocycles. The lowest BCUT2D eigenvalue weighted by Gasteiger charge is -2.46. The lowest BCUT2D eigenvalue weighted by Crippen LogP contribution is -2.40. The quantitative estimate of drug-likeness (QED) is 0.567. The zero-order chi connectivity index (χ0) is 14.6. The molecule has 0 saturated heterocycles. The topological polar surface area (TPSA) is 17.1 Å². The van der Waals surface area contributed by atoms with Crippen molar-refractivity contribution in [1.82, 2.24) is 0 Å². The van der Waals surface area contributed by atoms with Crippen LogP contribution in [0, 0.1) is 29.1 Å². The first kappa shape index (κ1) is 13.8. The number of hydrogen-bond donors (Lipinski definition) is 0. The van der Waals surface area contributed by atoms with Crippen molar-refractivity contribution in [3.63, 3.8) is 0 Å². The van der Waals surface area contributed by atoms with E-state index in [0.29, 0.717) is 11.7 Å². The molecule has 1 heteroatoms. The summed E-state index contributed by atoms with van der Waals surface area (Å²) < 4.78 is 0. The molecule has 4 rings (SSSR count). The third-order valence-electron chi connectivity index (χ3n) is 7.16. The van der Waals surface area contributed by atoms with Crippen LogP contribution in [0.2, 0.25) is 0 Å². The lowest BCUT2D eigenvalue weighted by molar-refractivity contribution is -0.127. The minimum atomic E-state index is -0.0123. The Morgan fingerprint density at radius 3 is 2.81 bits per heavy atom. The fraction of sp³-hybridized carbons (Fsp3) is 0.750. The third-order valence-corrected chi connectivity index (χ3v) is 7.16. The summed E-state index contributed by atoms with van der Waals surface area (Å²) in [5.41, 5.74) is 3.40. The zero-order valence-electron chi connectivity index (χ0n) is 13.5. The largest absolute Gasteiger partial charge is 0.299 e. The molecule has 21 heavy (non-hydrogen) atoms. The van der Waals surface area contributed by atoms with E-state index in [1.54, 1.807) is 11.1 Å². The number of hydrogen-bond acceptors (Lipinski definition) is 1. The summed E-state index contributed by atoms with van der Waals surface area (Å²) in [7, 11) is 0. The summed E-state index contributed by atoms with van der Waals surface area (Å²) in [6.07, 6.45) is 14.6. The van der Waals surface area contributed by atoms with Gasteiger partial charge in [0.15, 0.2) is 0 Å². The van der Waals surface area contributed by atoms with Gasteiger partial charge in [-0.15, -0.1) is 0 Å². The van der Waals surface area contributed by atoms with E-state index in [0.717, 1.165) is 37.0 Å². The van der Waals surface area contributed by atoms with Crippen LogP contribution in [0.1, 0.15) is 65.2 Å². The molecule has 0 heterocycles. The molecule has 5 atom stereocenters. The monoisotopic (exact) mass is 284 g/mol. The Bertz CT molecular complexity index is 526. The lowest BCUT2D eigenvalue weighted by atomic mass is 9.57. The molecule has 0 spiro atoms. The highest BCUT2D eigenvalue weighted by atomic mass is 16.1. The summed E-state index contributed by atoms with van der Waals surface area (Å²) >= 11 is 0. The first-order valence-electron chi connectivity index (χ1n) is 9.02. The van der Waals surface area contributed by atoms with Crippen molar-refractivity contribution in [2.75, 3.05) is 0 Å². The number of ketones is 1. The fourth-order valence-corrected chi connectivity index (χ4v) is 5.73. The van der Waals surface area contributed by atoms with Crippen molar-refractivity contribution in [1.29, 1.82) is 0 Å². The van der Waals surface area contributed by atoms with Gasteiger partial charge in [-0.05, 0) is 68.6 Å².